The van der Waals surface area contributed by atoms with Crippen LogP contribution < -0.4 is 4.74 Å². The minimum Gasteiger partial charge on any atom is -0.494 e. The summed E-state index contributed by atoms with van der Waals surface area (Å²) in [6, 6.07) is 8.20. The second kappa shape index (κ2) is 6.92. The molecule has 2 atom stereocenters. The zero-order valence-corrected chi connectivity index (χ0v) is 12.0. The van der Waals surface area contributed by atoms with Gasteiger partial charge < -0.3 is 14.7 Å². The first-order valence-corrected chi connectivity index (χ1v) is 7.28. The molecule has 1 N–H and O–H groups in total. The number of rotatable bonds is 6. The molecule has 1 aliphatic carbocycles. The lowest BCUT2D eigenvalue weighted by molar-refractivity contribution is 0.107. The zero-order valence-electron chi connectivity index (χ0n) is 12.0. The highest BCUT2D eigenvalue weighted by molar-refractivity contribution is 5.33. The molecular weight excluding hydrogens is 238 g/mol. The molecule has 3 heteroatoms. The van der Waals surface area contributed by atoms with E-state index in [9.17, 15) is 5.11 Å². The Morgan fingerprint density at radius 2 is 2.11 bits per heavy atom. The van der Waals surface area contributed by atoms with Crippen molar-refractivity contribution in [3.8, 4) is 5.75 Å². The molecule has 0 aliphatic heterocycles. The third-order valence-electron chi connectivity index (χ3n) is 3.88. The third kappa shape index (κ3) is 3.95. The Hall–Kier alpha value is -1.06. The van der Waals surface area contributed by atoms with Crippen LogP contribution in [0.1, 0.15) is 31.7 Å². The van der Waals surface area contributed by atoms with Gasteiger partial charge in [0.05, 0.1) is 12.7 Å². The smallest absolute Gasteiger partial charge is 0.123 e. The van der Waals surface area contributed by atoms with Gasteiger partial charge in [-0.05, 0) is 38.8 Å². The lowest BCUT2D eigenvalue weighted by atomic mass is 10.1. The van der Waals surface area contributed by atoms with Gasteiger partial charge in [-0.25, -0.2) is 0 Å². The molecule has 1 aliphatic rings. The molecule has 0 saturated heterocycles. The quantitative estimate of drug-likeness (QED) is 0.856. The van der Waals surface area contributed by atoms with Crippen molar-refractivity contribution in [1.82, 2.24) is 4.90 Å². The largest absolute Gasteiger partial charge is 0.494 e. The minimum atomic E-state index is -0.107. The highest BCUT2D eigenvalue weighted by Crippen LogP contribution is 2.27. The average molecular weight is 263 g/mol. The summed E-state index contributed by atoms with van der Waals surface area (Å²) in [7, 11) is 2.12. The van der Waals surface area contributed by atoms with E-state index in [0.29, 0.717) is 12.5 Å². The van der Waals surface area contributed by atoms with Crippen molar-refractivity contribution in [3.05, 3.63) is 29.8 Å². The van der Waals surface area contributed by atoms with Crippen molar-refractivity contribution < 1.29 is 9.84 Å². The summed E-state index contributed by atoms with van der Waals surface area (Å²) in [6.45, 7) is 4.54. The highest BCUT2D eigenvalue weighted by atomic mass is 16.5. The lowest BCUT2D eigenvalue weighted by Crippen LogP contribution is -2.29. The Labute approximate surface area is 116 Å². The first-order chi connectivity index (χ1) is 9.20. The van der Waals surface area contributed by atoms with Gasteiger partial charge in [-0.2, -0.15) is 0 Å². The lowest BCUT2D eigenvalue weighted by Gasteiger charge is -2.24. The molecule has 0 bridgehead atoms. The summed E-state index contributed by atoms with van der Waals surface area (Å²) in [5, 5.41) is 9.89. The van der Waals surface area contributed by atoms with Crippen molar-refractivity contribution in [1.29, 1.82) is 0 Å². The van der Waals surface area contributed by atoms with Crippen LogP contribution in [-0.4, -0.2) is 36.3 Å². The monoisotopic (exact) mass is 263 g/mol. The van der Waals surface area contributed by atoms with E-state index in [-0.39, 0.29) is 6.10 Å². The Morgan fingerprint density at radius 3 is 2.79 bits per heavy atom. The average Bonchev–Trinajstić information content (AvgIpc) is 2.78. The second-order valence-electron chi connectivity index (χ2n) is 5.50. The number of benzene rings is 1. The van der Waals surface area contributed by atoms with Crippen LogP contribution in [0.4, 0.5) is 0 Å². The molecule has 1 fully saturated rings. The fraction of sp³-hybridized carbons (Fsp3) is 0.625. The minimum absolute atomic E-state index is 0.107. The Kier molecular flexibility index (Phi) is 5.23. The fourth-order valence-corrected chi connectivity index (χ4v) is 2.92. The first kappa shape index (κ1) is 14.4. The van der Waals surface area contributed by atoms with Gasteiger partial charge in [0.15, 0.2) is 0 Å². The van der Waals surface area contributed by atoms with Crippen molar-refractivity contribution in [2.24, 2.45) is 5.92 Å². The molecule has 1 saturated carbocycles. The van der Waals surface area contributed by atoms with Crippen LogP contribution in [0.2, 0.25) is 0 Å². The van der Waals surface area contributed by atoms with Gasteiger partial charge in [0, 0.05) is 18.7 Å². The van der Waals surface area contributed by atoms with Crippen LogP contribution in [0.3, 0.4) is 0 Å². The van der Waals surface area contributed by atoms with Gasteiger partial charge >= 0.3 is 0 Å². The molecule has 0 spiro atoms. The number of hydrogen-bond donors (Lipinski definition) is 1. The Morgan fingerprint density at radius 1 is 1.32 bits per heavy atom. The fourth-order valence-electron chi connectivity index (χ4n) is 2.92. The SMILES string of the molecule is CCOc1ccccc1CN(C)CC1CCCC1O. The van der Waals surface area contributed by atoms with Crippen molar-refractivity contribution in [3.63, 3.8) is 0 Å². The third-order valence-corrected chi connectivity index (χ3v) is 3.88. The number of aliphatic hydroxyl groups is 1. The van der Waals surface area contributed by atoms with Crippen molar-refractivity contribution in [2.75, 3.05) is 20.2 Å². The van der Waals surface area contributed by atoms with E-state index in [1.54, 1.807) is 0 Å². The molecule has 0 aromatic heterocycles. The summed E-state index contributed by atoms with van der Waals surface area (Å²) in [6.07, 6.45) is 3.17. The van der Waals surface area contributed by atoms with Gasteiger partial charge in [0.1, 0.15) is 5.75 Å². The molecule has 1 aromatic carbocycles. The highest BCUT2D eigenvalue weighted by Gasteiger charge is 2.26. The van der Waals surface area contributed by atoms with Gasteiger partial charge in [-0.1, -0.05) is 24.6 Å². The molecule has 0 heterocycles. The number of para-hydroxylation sites is 1. The van der Waals surface area contributed by atoms with Crippen LogP contribution in [0.25, 0.3) is 0 Å². The number of nitrogens with zero attached hydrogens (tertiary/aromatic N) is 1. The number of ether oxygens (including phenoxy) is 1. The molecular formula is C16H25NO2. The molecule has 2 rings (SSSR count). The van der Waals surface area contributed by atoms with E-state index >= 15 is 0 Å². The molecule has 19 heavy (non-hydrogen) atoms. The van der Waals surface area contributed by atoms with Gasteiger partial charge in [-0.15, -0.1) is 0 Å². The van der Waals surface area contributed by atoms with E-state index in [1.165, 1.54) is 5.56 Å². The van der Waals surface area contributed by atoms with E-state index < -0.39 is 0 Å². The van der Waals surface area contributed by atoms with E-state index in [0.717, 1.165) is 38.1 Å². The first-order valence-electron chi connectivity index (χ1n) is 7.28. The van der Waals surface area contributed by atoms with Crippen molar-refractivity contribution in [2.45, 2.75) is 38.8 Å². The normalized spacial score (nSPS) is 22.9. The molecule has 2 unspecified atom stereocenters. The van der Waals surface area contributed by atoms with Crippen LogP contribution in [0.5, 0.6) is 5.75 Å². The maximum absolute atomic E-state index is 9.89. The summed E-state index contributed by atoms with van der Waals surface area (Å²) in [5.41, 5.74) is 1.22. The zero-order chi connectivity index (χ0) is 13.7. The second-order valence-corrected chi connectivity index (χ2v) is 5.50. The van der Waals surface area contributed by atoms with Gasteiger partial charge in [-0.3, -0.25) is 0 Å². The van der Waals surface area contributed by atoms with Crippen LogP contribution in [-0.2, 0) is 6.54 Å². The van der Waals surface area contributed by atoms with Crippen molar-refractivity contribution >= 4 is 0 Å². The van der Waals surface area contributed by atoms with E-state index in [2.05, 4.69) is 24.1 Å². The molecule has 106 valence electrons. The van der Waals surface area contributed by atoms with Gasteiger partial charge in [0.2, 0.25) is 0 Å². The molecule has 0 amide bonds. The Bertz CT molecular complexity index is 394. The Balaban J connectivity index is 1.92. The summed E-state index contributed by atoms with van der Waals surface area (Å²) in [4.78, 5) is 2.29. The summed E-state index contributed by atoms with van der Waals surface area (Å²) < 4.78 is 5.65. The molecule has 1 aromatic rings. The maximum Gasteiger partial charge on any atom is 0.123 e. The predicted octanol–water partition coefficient (Wildman–Crippen LogP) is 2.68. The number of aliphatic hydroxyl groups excluding tert-OH is 1. The molecule has 3 nitrogen and oxygen atoms in total. The van der Waals surface area contributed by atoms with E-state index in [1.807, 2.05) is 19.1 Å². The van der Waals surface area contributed by atoms with Gasteiger partial charge in [0.25, 0.3) is 0 Å². The number of hydrogen-bond acceptors (Lipinski definition) is 3. The van der Waals surface area contributed by atoms with Crippen LogP contribution >= 0.6 is 0 Å². The van der Waals surface area contributed by atoms with Crippen LogP contribution in [0.15, 0.2) is 24.3 Å². The topological polar surface area (TPSA) is 32.7 Å². The summed E-state index contributed by atoms with van der Waals surface area (Å²) in [5.74, 6) is 1.41. The maximum atomic E-state index is 9.89. The van der Waals surface area contributed by atoms with Crippen LogP contribution in [0, 0.1) is 5.92 Å². The standard InChI is InChI=1S/C16H25NO2/c1-3-19-16-10-5-4-7-14(16)12-17(2)11-13-8-6-9-15(13)18/h4-5,7,10,13,15,18H,3,6,8-9,11-12H2,1-2H3. The summed E-state index contributed by atoms with van der Waals surface area (Å²) >= 11 is 0. The van der Waals surface area contributed by atoms with E-state index in [4.69, 9.17) is 4.74 Å². The molecule has 0 radical (unpaired) electrons. The predicted molar refractivity (Wildman–Crippen MR) is 77.3 cm³/mol.